The zero-order valence-corrected chi connectivity index (χ0v) is 14.3. The summed E-state index contributed by atoms with van der Waals surface area (Å²) in [6.45, 7) is 2.66. The molecule has 0 aromatic carbocycles. The minimum atomic E-state index is 0.00979. The Morgan fingerprint density at radius 2 is 2.04 bits per heavy atom. The number of carbonyl (C=O) groups is 1. The average molecular weight is 337 g/mol. The van der Waals surface area contributed by atoms with Gasteiger partial charge in [-0.25, -0.2) is 9.97 Å². The normalized spacial score (nSPS) is 19.5. The SMILES string of the molecule is O=C(NCc1ccncc1)[C@H]1CCc2nc(N3CCCC3)ncc2C1. The van der Waals surface area contributed by atoms with Gasteiger partial charge in [0.15, 0.2) is 0 Å². The number of amides is 1. The van der Waals surface area contributed by atoms with E-state index in [1.165, 1.54) is 12.8 Å². The summed E-state index contributed by atoms with van der Waals surface area (Å²) in [6, 6.07) is 3.84. The number of pyridine rings is 1. The van der Waals surface area contributed by atoms with Gasteiger partial charge in [0.25, 0.3) is 0 Å². The van der Waals surface area contributed by atoms with E-state index in [1.807, 2.05) is 18.3 Å². The number of carbonyl (C=O) groups excluding carboxylic acids is 1. The fraction of sp³-hybridized carbons (Fsp3) is 0.474. The molecule has 0 unspecified atom stereocenters. The smallest absolute Gasteiger partial charge is 0.225 e. The molecule has 4 rings (SSSR count). The molecule has 1 amide bonds. The van der Waals surface area contributed by atoms with Crippen molar-refractivity contribution < 1.29 is 4.79 Å². The molecule has 3 heterocycles. The molecule has 1 N–H and O–H groups in total. The summed E-state index contributed by atoms with van der Waals surface area (Å²) < 4.78 is 0. The van der Waals surface area contributed by atoms with Gasteiger partial charge in [0.05, 0.1) is 0 Å². The van der Waals surface area contributed by atoms with Crippen LogP contribution in [0.15, 0.2) is 30.7 Å². The van der Waals surface area contributed by atoms with Crippen LogP contribution in [0.25, 0.3) is 0 Å². The largest absolute Gasteiger partial charge is 0.352 e. The predicted molar refractivity (Wildman–Crippen MR) is 95.1 cm³/mol. The van der Waals surface area contributed by atoms with Gasteiger partial charge in [0.1, 0.15) is 0 Å². The number of nitrogens with one attached hydrogen (secondary N) is 1. The number of hydrogen-bond donors (Lipinski definition) is 1. The Bertz CT molecular complexity index is 743. The molecule has 6 heteroatoms. The van der Waals surface area contributed by atoms with Crippen LogP contribution in [-0.2, 0) is 24.2 Å². The van der Waals surface area contributed by atoms with Crippen molar-refractivity contribution in [1.29, 1.82) is 0 Å². The van der Waals surface area contributed by atoms with Gasteiger partial charge in [-0.3, -0.25) is 9.78 Å². The van der Waals surface area contributed by atoms with E-state index in [1.54, 1.807) is 12.4 Å². The van der Waals surface area contributed by atoms with Gasteiger partial charge in [-0.15, -0.1) is 0 Å². The van der Waals surface area contributed by atoms with Crippen molar-refractivity contribution >= 4 is 11.9 Å². The van der Waals surface area contributed by atoms with Crippen LogP contribution in [-0.4, -0.2) is 33.9 Å². The van der Waals surface area contributed by atoms with Crippen LogP contribution >= 0.6 is 0 Å². The van der Waals surface area contributed by atoms with Crippen LogP contribution in [0.4, 0.5) is 5.95 Å². The van der Waals surface area contributed by atoms with Crippen molar-refractivity contribution in [3.8, 4) is 0 Å². The number of hydrogen-bond acceptors (Lipinski definition) is 5. The molecule has 0 spiro atoms. The molecule has 0 bridgehead atoms. The van der Waals surface area contributed by atoms with Gasteiger partial charge in [-0.05, 0) is 55.4 Å². The second-order valence-corrected chi connectivity index (χ2v) is 6.85. The van der Waals surface area contributed by atoms with E-state index in [4.69, 9.17) is 4.98 Å². The van der Waals surface area contributed by atoms with Crippen molar-refractivity contribution in [1.82, 2.24) is 20.3 Å². The minimum absolute atomic E-state index is 0.00979. The van der Waals surface area contributed by atoms with Gasteiger partial charge in [0, 0.05) is 49.8 Å². The molecule has 1 atom stereocenters. The predicted octanol–water partition coefficient (Wildman–Crippen LogP) is 1.89. The molecule has 2 aromatic heterocycles. The van der Waals surface area contributed by atoms with Gasteiger partial charge in [-0.2, -0.15) is 0 Å². The highest BCUT2D eigenvalue weighted by Gasteiger charge is 2.26. The third-order valence-corrected chi connectivity index (χ3v) is 5.11. The molecule has 25 heavy (non-hydrogen) atoms. The highest BCUT2D eigenvalue weighted by Crippen LogP contribution is 2.26. The Hall–Kier alpha value is -2.50. The van der Waals surface area contributed by atoms with Crippen LogP contribution < -0.4 is 10.2 Å². The van der Waals surface area contributed by atoms with Crippen molar-refractivity contribution in [3.05, 3.63) is 47.5 Å². The summed E-state index contributed by atoms with van der Waals surface area (Å²) in [6.07, 6.45) is 10.3. The van der Waals surface area contributed by atoms with Crippen molar-refractivity contribution in [2.75, 3.05) is 18.0 Å². The molecule has 2 aromatic rings. The number of anilines is 1. The Balaban J connectivity index is 1.38. The van der Waals surface area contributed by atoms with E-state index in [0.717, 1.165) is 55.1 Å². The Morgan fingerprint density at radius 1 is 1.24 bits per heavy atom. The summed E-state index contributed by atoms with van der Waals surface area (Å²) in [5, 5.41) is 3.04. The Morgan fingerprint density at radius 3 is 2.84 bits per heavy atom. The van der Waals surface area contributed by atoms with E-state index in [9.17, 15) is 4.79 Å². The van der Waals surface area contributed by atoms with Crippen LogP contribution in [0.2, 0.25) is 0 Å². The summed E-state index contributed by atoms with van der Waals surface area (Å²) in [4.78, 5) is 28.0. The maximum absolute atomic E-state index is 12.5. The molecule has 1 aliphatic heterocycles. The second kappa shape index (κ2) is 7.17. The van der Waals surface area contributed by atoms with Crippen molar-refractivity contribution in [2.45, 2.75) is 38.6 Å². The molecule has 0 radical (unpaired) electrons. The van der Waals surface area contributed by atoms with E-state index in [0.29, 0.717) is 6.54 Å². The molecule has 0 saturated carbocycles. The second-order valence-electron chi connectivity index (χ2n) is 6.85. The fourth-order valence-electron chi connectivity index (χ4n) is 3.62. The van der Waals surface area contributed by atoms with E-state index in [-0.39, 0.29) is 11.8 Å². The van der Waals surface area contributed by atoms with Crippen LogP contribution in [0.3, 0.4) is 0 Å². The first-order valence-electron chi connectivity index (χ1n) is 9.06. The first-order valence-corrected chi connectivity index (χ1v) is 9.06. The summed E-state index contributed by atoms with van der Waals surface area (Å²) in [5.41, 5.74) is 3.31. The van der Waals surface area contributed by atoms with Gasteiger partial charge < -0.3 is 10.2 Å². The van der Waals surface area contributed by atoms with Gasteiger partial charge >= 0.3 is 0 Å². The summed E-state index contributed by atoms with van der Waals surface area (Å²) in [5.74, 6) is 0.985. The lowest BCUT2D eigenvalue weighted by Crippen LogP contribution is -2.34. The zero-order valence-electron chi connectivity index (χ0n) is 14.3. The maximum Gasteiger partial charge on any atom is 0.225 e. The molecular weight excluding hydrogens is 314 g/mol. The van der Waals surface area contributed by atoms with E-state index < -0.39 is 0 Å². The van der Waals surface area contributed by atoms with Crippen molar-refractivity contribution in [3.63, 3.8) is 0 Å². The van der Waals surface area contributed by atoms with Gasteiger partial charge in [0.2, 0.25) is 11.9 Å². The maximum atomic E-state index is 12.5. The lowest BCUT2D eigenvalue weighted by atomic mass is 9.86. The lowest BCUT2D eigenvalue weighted by molar-refractivity contribution is -0.125. The van der Waals surface area contributed by atoms with Crippen LogP contribution in [0, 0.1) is 5.92 Å². The zero-order chi connectivity index (χ0) is 17.1. The van der Waals surface area contributed by atoms with E-state index >= 15 is 0 Å². The fourth-order valence-corrected chi connectivity index (χ4v) is 3.62. The number of aromatic nitrogens is 3. The lowest BCUT2D eigenvalue weighted by Gasteiger charge is -2.24. The minimum Gasteiger partial charge on any atom is -0.352 e. The third kappa shape index (κ3) is 3.62. The highest BCUT2D eigenvalue weighted by atomic mass is 16.1. The number of aryl methyl sites for hydroxylation is 1. The number of nitrogens with zero attached hydrogens (tertiary/aromatic N) is 4. The number of rotatable bonds is 4. The molecule has 1 fully saturated rings. The van der Waals surface area contributed by atoms with Gasteiger partial charge in [-0.1, -0.05) is 0 Å². The summed E-state index contributed by atoms with van der Waals surface area (Å²) >= 11 is 0. The first-order chi connectivity index (χ1) is 12.3. The molecule has 1 saturated heterocycles. The van der Waals surface area contributed by atoms with Crippen LogP contribution in [0.5, 0.6) is 0 Å². The molecule has 2 aliphatic rings. The monoisotopic (exact) mass is 337 g/mol. The molecule has 6 nitrogen and oxygen atoms in total. The molecule has 130 valence electrons. The standard InChI is InChI=1S/C19H23N5O/c25-18(21-12-14-5-7-20-8-6-14)15-3-4-17-16(11-15)13-22-19(23-17)24-9-1-2-10-24/h5-8,13,15H,1-4,9-12H2,(H,21,25)/t15-/m0/s1. The Kier molecular flexibility index (Phi) is 4.59. The topological polar surface area (TPSA) is 71.0 Å². The number of fused-ring (bicyclic) bond motifs is 1. The molecule has 1 aliphatic carbocycles. The van der Waals surface area contributed by atoms with E-state index in [2.05, 4.69) is 20.2 Å². The summed E-state index contributed by atoms with van der Waals surface area (Å²) in [7, 11) is 0. The molecular formula is C19H23N5O. The Labute approximate surface area is 147 Å². The average Bonchev–Trinajstić information content (AvgIpc) is 3.21. The highest BCUT2D eigenvalue weighted by molar-refractivity contribution is 5.79. The third-order valence-electron chi connectivity index (χ3n) is 5.11. The van der Waals surface area contributed by atoms with Crippen molar-refractivity contribution in [2.24, 2.45) is 5.92 Å². The first kappa shape index (κ1) is 16.0. The van der Waals surface area contributed by atoms with Crippen LogP contribution in [0.1, 0.15) is 36.1 Å². The quantitative estimate of drug-likeness (QED) is 0.922.